The Morgan fingerprint density at radius 2 is 2.03 bits per heavy atom. The first-order valence-electron chi connectivity index (χ1n) is 9.88. The highest BCUT2D eigenvalue weighted by Gasteiger charge is 2.13. The molecule has 2 aromatic carbocycles. The molecule has 0 bridgehead atoms. The van der Waals surface area contributed by atoms with Gasteiger partial charge in [-0.3, -0.25) is 9.69 Å². The summed E-state index contributed by atoms with van der Waals surface area (Å²) in [6.45, 7) is 4.33. The highest BCUT2D eigenvalue weighted by Crippen LogP contribution is 2.27. The molecule has 9 heteroatoms. The molecule has 1 aromatic heterocycles. The van der Waals surface area contributed by atoms with Gasteiger partial charge in [0.2, 0.25) is 0 Å². The Morgan fingerprint density at radius 3 is 2.84 bits per heavy atom. The molecule has 0 atom stereocenters. The minimum Gasteiger partial charge on any atom is -0.470 e. The number of nitrogens with one attached hydrogen (secondary N) is 1. The van der Waals surface area contributed by atoms with Gasteiger partial charge < -0.3 is 14.8 Å². The third-order valence-electron chi connectivity index (χ3n) is 4.81. The van der Waals surface area contributed by atoms with E-state index in [2.05, 4.69) is 37.3 Å². The van der Waals surface area contributed by atoms with Gasteiger partial charge in [-0.25, -0.2) is 4.68 Å². The predicted octanol–water partition coefficient (Wildman–Crippen LogP) is 4.42. The Morgan fingerprint density at radius 1 is 1.19 bits per heavy atom. The number of carbonyl (C=O) groups excluding carboxylic acids is 1. The minimum absolute atomic E-state index is 0.143. The van der Waals surface area contributed by atoms with Crippen LogP contribution in [0.1, 0.15) is 16.1 Å². The molecule has 1 fully saturated rings. The fraction of sp³-hybridized carbons (Fsp3) is 0.273. The van der Waals surface area contributed by atoms with Crippen LogP contribution in [0.5, 0.6) is 5.75 Å². The third kappa shape index (κ3) is 6.07. The second-order valence-electron chi connectivity index (χ2n) is 7.13. The molecule has 0 spiro atoms. The Balaban J connectivity index is 1.34. The molecule has 1 saturated heterocycles. The average molecular weight is 506 g/mol. The first-order chi connectivity index (χ1) is 15.1. The Bertz CT molecular complexity index is 1050. The molecule has 0 aliphatic carbocycles. The Labute approximate surface area is 194 Å². The average Bonchev–Trinajstić information content (AvgIpc) is 3.23. The first-order valence-corrected chi connectivity index (χ1v) is 11.1. The van der Waals surface area contributed by atoms with Crippen LogP contribution in [0.2, 0.25) is 5.02 Å². The van der Waals surface area contributed by atoms with Gasteiger partial charge in [-0.15, -0.1) is 0 Å². The van der Waals surface area contributed by atoms with E-state index in [9.17, 15) is 4.79 Å². The smallest absolute Gasteiger partial charge is 0.276 e. The fourth-order valence-electron chi connectivity index (χ4n) is 3.24. The van der Waals surface area contributed by atoms with Gasteiger partial charge >= 0.3 is 0 Å². The van der Waals surface area contributed by atoms with E-state index < -0.39 is 0 Å². The van der Waals surface area contributed by atoms with Crippen molar-refractivity contribution >= 4 is 39.1 Å². The summed E-state index contributed by atoms with van der Waals surface area (Å²) in [4.78, 5) is 15.0. The molecule has 1 aliphatic heterocycles. The monoisotopic (exact) mass is 504 g/mol. The second kappa shape index (κ2) is 10.3. The van der Waals surface area contributed by atoms with Crippen LogP contribution in [0.25, 0.3) is 0 Å². The molecule has 3 aromatic rings. The van der Waals surface area contributed by atoms with E-state index >= 15 is 0 Å². The van der Waals surface area contributed by atoms with Gasteiger partial charge in [0.25, 0.3) is 5.91 Å². The quantitative estimate of drug-likeness (QED) is 0.515. The second-order valence-corrected chi connectivity index (χ2v) is 8.45. The number of benzene rings is 2. The van der Waals surface area contributed by atoms with Gasteiger partial charge in [0, 0.05) is 36.0 Å². The van der Waals surface area contributed by atoms with Crippen LogP contribution in [-0.2, 0) is 18.0 Å². The zero-order valence-electron chi connectivity index (χ0n) is 16.8. The maximum absolute atomic E-state index is 12.6. The summed E-state index contributed by atoms with van der Waals surface area (Å²) in [5.74, 6) is 0.271. The van der Waals surface area contributed by atoms with Crippen LogP contribution >= 0.6 is 27.5 Å². The number of amides is 1. The van der Waals surface area contributed by atoms with Crippen molar-refractivity contribution in [1.82, 2.24) is 14.7 Å². The number of carbonyl (C=O) groups is 1. The number of hydrogen-bond acceptors (Lipinski definition) is 5. The summed E-state index contributed by atoms with van der Waals surface area (Å²) in [6, 6.07) is 14.9. The summed E-state index contributed by atoms with van der Waals surface area (Å²) in [6.07, 6.45) is 1.69. The topological polar surface area (TPSA) is 68.6 Å². The molecular weight excluding hydrogens is 484 g/mol. The Hall–Kier alpha value is -2.39. The standard InChI is InChI=1S/C22H22BrClN4O3/c23-17-4-5-21(19(24)13-17)31-15-28-7-6-20(26-28)22(29)25-18-3-1-2-16(12-18)14-27-8-10-30-11-9-27/h1-7,12-13H,8-11,14-15H2,(H,25,29). The number of anilines is 1. The summed E-state index contributed by atoms with van der Waals surface area (Å²) in [5, 5.41) is 7.70. The molecule has 0 saturated carbocycles. The van der Waals surface area contributed by atoms with E-state index in [-0.39, 0.29) is 12.6 Å². The molecule has 0 radical (unpaired) electrons. The molecular formula is C22H22BrClN4O3. The van der Waals surface area contributed by atoms with E-state index in [0.29, 0.717) is 16.5 Å². The number of ether oxygens (including phenoxy) is 2. The molecule has 1 amide bonds. The largest absolute Gasteiger partial charge is 0.470 e. The molecule has 31 heavy (non-hydrogen) atoms. The zero-order chi connectivity index (χ0) is 21.6. The highest BCUT2D eigenvalue weighted by molar-refractivity contribution is 9.10. The summed E-state index contributed by atoms with van der Waals surface area (Å²) < 4.78 is 13.5. The molecule has 2 heterocycles. The lowest BCUT2D eigenvalue weighted by Crippen LogP contribution is -2.35. The van der Waals surface area contributed by atoms with Crippen LogP contribution in [0.3, 0.4) is 0 Å². The van der Waals surface area contributed by atoms with Crippen LogP contribution in [-0.4, -0.2) is 46.9 Å². The normalized spacial score (nSPS) is 14.4. The number of aromatic nitrogens is 2. The van der Waals surface area contributed by atoms with Crippen molar-refractivity contribution in [2.75, 3.05) is 31.6 Å². The van der Waals surface area contributed by atoms with E-state index in [1.165, 1.54) is 0 Å². The zero-order valence-corrected chi connectivity index (χ0v) is 19.1. The van der Waals surface area contributed by atoms with Gasteiger partial charge in [-0.1, -0.05) is 39.7 Å². The van der Waals surface area contributed by atoms with E-state index in [0.717, 1.165) is 48.6 Å². The number of hydrogen-bond donors (Lipinski definition) is 1. The van der Waals surface area contributed by atoms with E-state index in [1.807, 2.05) is 24.3 Å². The Kier molecular flexibility index (Phi) is 7.24. The van der Waals surface area contributed by atoms with Crippen molar-refractivity contribution in [3.63, 3.8) is 0 Å². The fourth-order valence-corrected chi connectivity index (χ4v) is 3.97. The number of halogens is 2. The van der Waals surface area contributed by atoms with Crippen LogP contribution < -0.4 is 10.1 Å². The van der Waals surface area contributed by atoms with Crippen LogP contribution in [0, 0.1) is 0 Å². The molecule has 1 N–H and O–H groups in total. The maximum atomic E-state index is 12.6. The van der Waals surface area contributed by atoms with E-state index in [1.54, 1.807) is 29.1 Å². The predicted molar refractivity (Wildman–Crippen MR) is 122 cm³/mol. The van der Waals surface area contributed by atoms with Crippen molar-refractivity contribution < 1.29 is 14.3 Å². The molecule has 1 aliphatic rings. The van der Waals surface area contributed by atoms with Gasteiger partial charge in [-0.2, -0.15) is 5.10 Å². The van der Waals surface area contributed by atoms with Crippen molar-refractivity contribution in [3.8, 4) is 5.75 Å². The van der Waals surface area contributed by atoms with Crippen LogP contribution in [0.4, 0.5) is 5.69 Å². The molecule has 162 valence electrons. The van der Waals surface area contributed by atoms with Gasteiger partial charge in [-0.05, 0) is 42.0 Å². The molecule has 7 nitrogen and oxygen atoms in total. The SMILES string of the molecule is O=C(Nc1cccc(CN2CCOCC2)c1)c1ccn(COc2ccc(Br)cc2Cl)n1. The third-order valence-corrected chi connectivity index (χ3v) is 5.60. The molecule has 0 unspecified atom stereocenters. The molecule has 4 rings (SSSR count). The minimum atomic E-state index is -0.274. The van der Waals surface area contributed by atoms with Gasteiger partial charge in [0.1, 0.15) is 5.75 Å². The maximum Gasteiger partial charge on any atom is 0.276 e. The number of rotatable bonds is 7. The van der Waals surface area contributed by atoms with Crippen molar-refractivity contribution in [3.05, 3.63) is 75.5 Å². The number of morpholine rings is 1. The van der Waals surface area contributed by atoms with Crippen molar-refractivity contribution in [2.45, 2.75) is 13.3 Å². The first kappa shape index (κ1) is 21.8. The van der Waals surface area contributed by atoms with Crippen molar-refractivity contribution in [2.24, 2.45) is 0 Å². The lowest BCUT2D eigenvalue weighted by Gasteiger charge is -2.26. The lowest BCUT2D eigenvalue weighted by molar-refractivity contribution is 0.0342. The van der Waals surface area contributed by atoms with E-state index in [4.69, 9.17) is 21.1 Å². The number of nitrogens with zero attached hydrogens (tertiary/aromatic N) is 3. The summed E-state index contributed by atoms with van der Waals surface area (Å²) in [5.41, 5.74) is 2.19. The summed E-state index contributed by atoms with van der Waals surface area (Å²) in [7, 11) is 0. The lowest BCUT2D eigenvalue weighted by atomic mass is 10.2. The van der Waals surface area contributed by atoms with Crippen LogP contribution in [0.15, 0.2) is 59.2 Å². The van der Waals surface area contributed by atoms with Gasteiger partial charge in [0.15, 0.2) is 12.4 Å². The summed E-state index contributed by atoms with van der Waals surface area (Å²) >= 11 is 9.52. The highest BCUT2D eigenvalue weighted by atomic mass is 79.9. The van der Waals surface area contributed by atoms with Gasteiger partial charge in [0.05, 0.1) is 18.2 Å². The van der Waals surface area contributed by atoms with Crippen molar-refractivity contribution in [1.29, 1.82) is 0 Å².